The van der Waals surface area contributed by atoms with Crippen molar-refractivity contribution in [3.8, 4) is 0 Å². The van der Waals surface area contributed by atoms with Gasteiger partial charge in [0, 0.05) is 5.54 Å². The van der Waals surface area contributed by atoms with E-state index in [-0.39, 0.29) is 16.4 Å². The van der Waals surface area contributed by atoms with Crippen LogP contribution in [-0.2, 0) is 19.9 Å². The zero-order valence-corrected chi connectivity index (χ0v) is 13.7. The van der Waals surface area contributed by atoms with E-state index in [1.54, 1.807) is 19.1 Å². The van der Waals surface area contributed by atoms with Crippen LogP contribution in [0, 0.1) is 0 Å². The van der Waals surface area contributed by atoms with Crippen molar-refractivity contribution in [2.75, 3.05) is 11.5 Å². The second-order valence-electron chi connectivity index (χ2n) is 6.02. The number of fused-ring (bicyclic) bond motifs is 1. The summed E-state index contributed by atoms with van der Waals surface area (Å²) >= 11 is 0. The van der Waals surface area contributed by atoms with E-state index in [1.807, 2.05) is 24.3 Å². The van der Waals surface area contributed by atoms with Gasteiger partial charge in [-0.3, -0.25) is 0 Å². The highest BCUT2D eigenvalue weighted by molar-refractivity contribution is 7.92. The fourth-order valence-electron chi connectivity index (χ4n) is 2.81. The molecule has 0 unspecified atom stereocenters. The number of rotatable bonds is 3. The summed E-state index contributed by atoms with van der Waals surface area (Å²) in [6.45, 7) is 1.64. The molecule has 7 heteroatoms. The highest BCUT2D eigenvalue weighted by Gasteiger charge is 2.41. The first-order valence-corrected chi connectivity index (χ1v) is 10.2. The van der Waals surface area contributed by atoms with E-state index in [0.29, 0.717) is 6.42 Å². The molecule has 1 aliphatic rings. The Morgan fingerprint density at radius 1 is 1.09 bits per heavy atom. The lowest BCUT2D eigenvalue weighted by atomic mass is 10.0. The molecule has 1 saturated heterocycles. The maximum atomic E-state index is 12.5. The molecule has 1 fully saturated rings. The Hall–Kier alpha value is -1.44. The summed E-state index contributed by atoms with van der Waals surface area (Å²) < 4.78 is 50.9. The van der Waals surface area contributed by atoms with Gasteiger partial charge in [-0.1, -0.05) is 30.3 Å². The number of nitrogens with one attached hydrogen (secondary N) is 1. The lowest BCUT2D eigenvalue weighted by Crippen LogP contribution is -2.46. The van der Waals surface area contributed by atoms with Gasteiger partial charge in [-0.2, -0.15) is 0 Å². The Morgan fingerprint density at radius 3 is 2.41 bits per heavy atom. The molecule has 2 aromatic carbocycles. The average molecular weight is 339 g/mol. The summed E-state index contributed by atoms with van der Waals surface area (Å²) in [5, 5.41) is 1.78. The lowest BCUT2D eigenvalue weighted by molar-refractivity contribution is 0.462. The van der Waals surface area contributed by atoms with Crippen LogP contribution >= 0.6 is 0 Å². The SMILES string of the molecule is C[C@]1(NS(=O)(=O)c2ccc3ccccc3c2)CCS(=O)(=O)C1. The molecule has 3 rings (SSSR count). The Labute approximate surface area is 130 Å². The van der Waals surface area contributed by atoms with Crippen LogP contribution < -0.4 is 4.72 Å². The van der Waals surface area contributed by atoms with Crippen LogP contribution in [0.15, 0.2) is 47.4 Å². The first-order valence-electron chi connectivity index (χ1n) is 6.92. The van der Waals surface area contributed by atoms with E-state index < -0.39 is 25.4 Å². The largest absolute Gasteiger partial charge is 0.241 e. The predicted molar refractivity (Wildman–Crippen MR) is 85.9 cm³/mol. The first-order chi connectivity index (χ1) is 10.2. The highest BCUT2D eigenvalue weighted by Crippen LogP contribution is 2.26. The van der Waals surface area contributed by atoms with Gasteiger partial charge in [0.25, 0.3) is 0 Å². The van der Waals surface area contributed by atoms with Gasteiger partial charge in [0.15, 0.2) is 9.84 Å². The molecule has 1 heterocycles. The van der Waals surface area contributed by atoms with Gasteiger partial charge >= 0.3 is 0 Å². The second kappa shape index (κ2) is 5.04. The van der Waals surface area contributed by atoms with Crippen molar-refractivity contribution in [3.05, 3.63) is 42.5 Å². The topological polar surface area (TPSA) is 80.3 Å². The number of hydrogen-bond donors (Lipinski definition) is 1. The van der Waals surface area contributed by atoms with E-state index in [0.717, 1.165) is 10.8 Å². The molecular formula is C15H17NO4S2. The van der Waals surface area contributed by atoms with Crippen molar-refractivity contribution >= 4 is 30.6 Å². The Kier molecular flexibility index (Phi) is 3.54. The van der Waals surface area contributed by atoms with Gasteiger partial charge < -0.3 is 0 Å². The summed E-state index contributed by atoms with van der Waals surface area (Å²) in [7, 11) is -6.93. The number of sulfone groups is 1. The second-order valence-corrected chi connectivity index (χ2v) is 9.88. The van der Waals surface area contributed by atoms with Crippen molar-refractivity contribution in [2.45, 2.75) is 23.8 Å². The van der Waals surface area contributed by atoms with E-state index >= 15 is 0 Å². The van der Waals surface area contributed by atoms with Crippen molar-refractivity contribution < 1.29 is 16.8 Å². The average Bonchev–Trinajstić information content (AvgIpc) is 2.71. The molecule has 2 aromatic rings. The molecule has 1 N–H and O–H groups in total. The molecule has 0 aliphatic carbocycles. The molecular weight excluding hydrogens is 322 g/mol. The van der Waals surface area contributed by atoms with Crippen molar-refractivity contribution in [3.63, 3.8) is 0 Å². The number of hydrogen-bond acceptors (Lipinski definition) is 4. The molecule has 1 atom stereocenters. The van der Waals surface area contributed by atoms with Gasteiger partial charge in [0.2, 0.25) is 10.0 Å². The molecule has 0 amide bonds. The van der Waals surface area contributed by atoms with Crippen LogP contribution in [0.2, 0.25) is 0 Å². The molecule has 0 saturated carbocycles. The smallest absolute Gasteiger partial charge is 0.229 e. The molecule has 0 bridgehead atoms. The Morgan fingerprint density at radius 2 is 1.77 bits per heavy atom. The lowest BCUT2D eigenvalue weighted by Gasteiger charge is -2.23. The Balaban J connectivity index is 1.95. The van der Waals surface area contributed by atoms with Crippen molar-refractivity contribution in [2.24, 2.45) is 0 Å². The summed E-state index contributed by atoms with van der Waals surface area (Å²) in [4.78, 5) is 0.150. The number of benzene rings is 2. The van der Waals surface area contributed by atoms with Crippen LogP contribution in [0.4, 0.5) is 0 Å². The van der Waals surface area contributed by atoms with Gasteiger partial charge in [0.1, 0.15) is 0 Å². The van der Waals surface area contributed by atoms with Crippen molar-refractivity contribution in [1.29, 1.82) is 0 Å². The van der Waals surface area contributed by atoms with Gasteiger partial charge in [0.05, 0.1) is 16.4 Å². The fourth-order valence-corrected chi connectivity index (χ4v) is 6.46. The zero-order chi connectivity index (χ0) is 16.0. The first kappa shape index (κ1) is 15.5. The van der Waals surface area contributed by atoms with Gasteiger partial charge in [-0.05, 0) is 36.2 Å². The quantitative estimate of drug-likeness (QED) is 0.923. The Bertz CT molecular complexity index is 935. The van der Waals surface area contributed by atoms with E-state index in [1.165, 1.54) is 6.07 Å². The molecule has 0 aromatic heterocycles. The van der Waals surface area contributed by atoms with Crippen LogP contribution in [0.3, 0.4) is 0 Å². The predicted octanol–water partition coefficient (Wildman–Crippen LogP) is 1.70. The highest BCUT2D eigenvalue weighted by atomic mass is 32.2. The normalized spacial score (nSPS) is 24.6. The van der Waals surface area contributed by atoms with Crippen molar-refractivity contribution in [1.82, 2.24) is 4.72 Å². The summed E-state index contributed by atoms with van der Waals surface area (Å²) in [5.41, 5.74) is -0.941. The summed E-state index contributed by atoms with van der Waals surface area (Å²) in [6.07, 6.45) is 0.294. The number of sulfonamides is 1. The van der Waals surface area contributed by atoms with Crippen LogP contribution in [0.1, 0.15) is 13.3 Å². The van der Waals surface area contributed by atoms with Gasteiger partial charge in [-0.15, -0.1) is 0 Å². The monoisotopic (exact) mass is 339 g/mol. The standard InChI is InChI=1S/C15H17NO4S2/c1-15(8-9-21(17,18)11-15)16-22(19,20)14-7-6-12-4-2-3-5-13(12)10-14/h2-7,10,16H,8-9,11H2,1H3/t15-/m0/s1. The summed E-state index contributed by atoms with van der Waals surface area (Å²) in [6, 6.07) is 12.4. The summed E-state index contributed by atoms with van der Waals surface area (Å²) in [5.74, 6) is -0.142. The van der Waals surface area contributed by atoms with Gasteiger partial charge in [-0.25, -0.2) is 21.6 Å². The molecule has 0 spiro atoms. The maximum absolute atomic E-state index is 12.5. The molecule has 1 aliphatic heterocycles. The van der Waals surface area contributed by atoms with Crippen LogP contribution in [0.25, 0.3) is 10.8 Å². The molecule has 5 nitrogen and oxygen atoms in total. The molecule has 0 radical (unpaired) electrons. The van der Waals surface area contributed by atoms with E-state index in [9.17, 15) is 16.8 Å². The molecule has 22 heavy (non-hydrogen) atoms. The third-order valence-electron chi connectivity index (χ3n) is 3.92. The van der Waals surface area contributed by atoms with E-state index in [4.69, 9.17) is 0 Å². The minimum absolute atomic E-state index is 0.0176. The minimum atomic E-state index is -3.76. The van der Waals surface area contributed by atoms with Crippen LogP contribution in [-0.4, -0.2) is 33.9 Å². The fraction of sp³-hybridized carbons (Fsp3) is 0.333. The van der Waals surface area contributed by atoms with E-state index in [2.05, 4.69) is 4.72 Å². The third-order valence-corrected chi connectivity index (χ3v) is 7.45. The third kappa shape index (κ3) is 3.02. The molecule has 118 valence electrons. The zero-order valence-electron chi connectivity index (χ0n) is 12.1. The minimum Gasteiger partial charge on any atom is -0.229 e. The van der Waals surface area contributed by atoms with Crippen LogP contribution in [0.5, 0.6) is 0 Å². The maximum Gasteiger partial charge on any atom is 0.241 e.